The van der Waals surface area contributed by atoms with Crippen LogP contribution in [0, 0.1) is 0 Å². The third-order valence-corrected chi connectivity index (χ3v) is 3.76. The smallest absolute Gasteiger partial charge is 0.304 e. The van der Waals surface area contributed by atoms with Gasteiger partial charge in [-0.1, -0.05) is 0 Å². The molecular formula is C8H16N2O2S. The van der Waals surface area contributed by atoms with Crippen LogP contribution in [0.5, 0.6) is 0 Å². The summed E-state index contributed by atoms with van der Waals surface area (Å²) in [5.41, 5.74) is 5.62. The molecule has 76 valence electrons. The van der Waals surface area contributed by atoms with Gasteiger partial charge < -0.3 is 16.2 Å². The summed E-state index contributed by atoms with van der Waals surface area (Å²) in [6.07, 6.45) is 0.234. The highest BCUT2D eigenvalue weighted by Gasteiger charge is 2.39. The highest BCUT2D eigenvalue weighted by Crippen LogP contribution is 2.33. The summed E-state index contributed by atoms with van der Waals surface area (Å²) >= 11 is 1.68. The maximum absolute atomic E-state index is 10.6. The van der Waals surface area contributed by atoms with Gasteiger partial charge in [0, 0.05) is 24.9 Å². The Bertz CT molecular complexity index is 193. The molecule has 0 aromatic carbocycles. The molecule has 1 unspecified atom stereocenters. The zero-order chi connectivity index (χ0) is 9.90. The normalized spacial score (nSPS) is 22.0. The van der Waals surface area contributed by atoms with Crippen LogP contribution in [0.25, 0.3) is 0 Å². The molecule has 1 heterocycles. The van der Waals surface area contributed by atoms with Crippen molar-refractivity contribution in [3.63, 3.8) is 0 Å². The van der Waals surface area contributed by atoms with E-state index in [0.29, 0.717) is 0 Å². The summed E-state index contributed by atoms with van der Waals surface area (Å²) in [4.78, 5) is 10.6. The molecule has 4 N–H and O–H groups in total. The summed E-state index contributed by atoms with van der Waals surface area (Å²) in [6.45, 7) is 3.51. The minimum atomic E-state index is -0.723. The molecular weight excluding hydrogens is 188 g/mol. The van der Waals surface area contributed by atoms with Gasteiger partial charge in [-0.25, -0.2) is 0 Å². The second-order valence-corrected chi connectivity index (χ2v) is 5.13. The summed E-state index contributed by atoms with van der Waals surface area (Å²) in [6, 6.07) is 0.135. The second-order valence-electron chi connectivity index (χ2n) is 3.65. The third kappa shape index (κ3) is 3.17. The van der Waals surface area contributed by atoms with E-state index in [0.717, 1.165) is 18.8 Å². The molecule has 1 fully saturated rings. The fourth-order valence-electron chi connectivity index (χ4n) is 1.27. The van der Waals surface area contributed by atoms with Crippen LogP contribution in [0.1, 0.15) is 13.3 Å². The summed E-state index contributed by atoms with van der Waals surface area (Å²) < 4.78 is -0.0978. The molecule has 0 spiro atoms. The van der Waals surface area contributed by atoms with Crippen molar-refractivity contribution < 1.29 is 9.90 Å². The topological polar surface area (TPSA) is 75.4 Å². The van der Waals surface area contributed by atoms with E-state index < -0.39 is 5.97 Å². The molecule has 0 aliphatic carbocycles. The van der Waals surface area contributed by atoms with Crippen molar-refractivity contribution in [3.8, 4) is 0 Å². The number of carboxylic acid groups (broad SMARTS) is 1. The van der Waals surface area contributed by atoms with Gasteiger partial charge in [0.2, 0.25) is 0 Å². The van der Waals surface area contributed by atoms with Gasteiger partial charge in [-0.3, -0.25) is 4.79 Å². The summed E-state index contributed by atoms with van der Waals surface area (Å²) in [5, 5.41) is 11.8. The predicted octanol–water partition coefficient (Wildman–Crippen LogP) is -0.116. The first-order valence-electron chi connectivity index (χ1n) is 4.36. The SMILES string of the molecule is CC(N)CSC1(CC(=O)O)CNC1. The Kier molecular flexibility index (Phi) is 3.58. The lowest BCUT2D eigenvalue weighted by Gasteiger charge is -2.41. The molecule has 4 nitrogen and oxygen atoms in total. The van der Waals surface area contributed by atoms with Crippen LogP contribution in [0.15, 0.2) is 0 Å². The van der Waals surface area contributed by atoms with Gasteiger partial charge in [0.05, 0.1) is 11.2 Å². The van der Waals surface area contributed by atoms with Crippen LogP contribution in [-0.2, 0) is 4.79 Å². The maximum atomic E-state index is 10.6. The van der Waals surface area contributed by atoms with Gasteiger partial charge in [0.1, 0.15) is 0 Å². The summed E-state index contributed by atoms with van der Waals surface area (Å²) in [5.74, 6) is 0.105. The Hall–Kier alpha value is -0.260. The van der Waals surface area contributed by atoms with E-state index >= 15 is 0 Å². The minimum absolute atomic E-state index is 0.0978. The van der Waals surface area contributed by atoms with Crippen LogP contribution in [0.2, 0.25) is 0 Å². The van der Waals surface area contributed by atoms with Crippen molar-refractivity contribution in [1.29, 1.82) is 0 Å². The molecule has 1 aliphatic heterocycles. The van der Waals surface area contributed by atoms with Gasteiger partial charge in [-0.15, -0.1) is 0 Å². The van der Waals surface area contributed by atoms with Crippen LogP contribution >= 0.6 is 11.8 Å². The van der Waals surface area contributed by atoms with Crippen molar-refractivity contribution >= 4 is 17.7 Å². The molecule has 5 heteroatoms. The van der Waals surface area contributed by atoms with Crippen LogP contribution in [-0.4, -0.2) is 40.7 Å². The fourth-order valence-corrected chi connectivity index (χ4v) is 2.52. The fraction of sp³-hybridized carbons (Fsp3) is 0.875. The number of carbonyl (C=O) groups is 1. The molecule has 0 saturated carbocycles. The lowest BCUT2D eigenvalue weighted by atomic mass is 9.98. The Balaban J connectivity index is 2.36. The largest absolute Gasteiger partial charge is 0.481 e. The van der Waals surface area contributed by atoms with E-state index in [1.54, 1.807) is 11.8 Å². The van der Waals surface area contributed by atoms with Gasteiger partial charge in [-0.05, 0) is 6.92 Å². The third-order valence-electron chi connectivity index (χ3n) is 2.02. The number of nitrogens with two attached hydrogens (primary N) is 1. The van der Waals surface area contributed by atoms with Gasteiger partial charge in [0.25, 0.3) is 0 Å². The first kappa shape index (κ1) is 10.8. The zero-order valence-corrected chi connectivity index (χ0v) is 8.56. The molecule has 0 bridgehead atoms. The lowest BCUT2D eigenvalue weighted by Crippen LogP contribution is -2.58. The number of hydrogen-bond donors (Lipinski definition) is 3. The quantitative estimate of drug-likeness (QED) is 0.582. The number of nitrogens with one attached hydrogen (secondary N) is 1. The standard InChI is InChI=1S/C8H16N2O2S/c1-6(9)3-13-8(2-7(11)12)4-10-5-8/h6,10H,2-5,9H2,1H3,(H,11,12). The molecule has 1 saturated heterocycles. The Morgan fingerprint density at radius 2 is 2.38 bits per heavy atom. The van der Waals surface area contributed by atoms with E-state index in [2.05, 4.69) is 5.32 Å². The Morgan fingerprint density at radius 1 is 1.77 bits per heavy atom. The van der Waals surface area contributed by atoms with Crippen LogP contribution < -0.4 is 11.1 Å². The first-order chi connectivity index (χ1) is 6.04. The molecule has 13 heavy (non-hydrogen) atoms. The molecule has 0 amide bonds. The van der Waals surface area contributed by atoms with Crippen LogP contribution in [0.4, 0.5) is 0 Å². The molecule has 1 atom stereocenters. The van der Waals surface area contributed by atoms with Gasteiger partial charge in [0.15, 0.2) is 0 Å². The average Bonchev–Trinajstić information content (AvgIpc) is 1.93. The van der Waals surface area contributed by atoms with Crippen molar-refractivity contribution in [1.82, 2.24) is 5.32 Å². The van der Waals surface area contributed by atoms with Crippen molar-refractivity contribution in [2.45, 2.75) is 24.1 Å². The van der Waals surface area contributed by atoms with E-state index in [1.165, 1.54) is 0 Å². The van der Waals surface area contributed by atoms with Crippen LogP contribution in [0.3, 0.4) is 0 Å². The number of carboxylic acids is 1. The second kappa shape index (κ2) is 4.30. The Labute approximate surface area is 82.3 Å². The highest BCUT2D eigenvalue weighted by atomic mass is 32.2. The number of hydrogen-bond acceptors (Lipinski definition) is 4. The van der Waals surface area contributed by atoms with Crippen molar-refractivity contribution in [2.24, 2.45) is 5.73 Å². The predicted molar refractivity (Wildman–Crippen MR) is 54.0 cm³/mol. The maximum Gasteiger partial charge on any atom is 0.304 e. The molecule has 1 aliphatic rings. The average molecular weight is 204 g/mol. The molecule has 0 radical (unpaired) electrons. The summed E-state index contributed by atoms with van der Waals surface area (Å²) in [7, 11) is 0. The molecule has 0 aromatic rings. The van der Waals surface area contributed by atoms with E-state index in [-0.39, 0.29) is 17.2 Å². The Morgan fingerprint density at radius 3 is 2.69 bits per heavy atom. The van der Waals surface area contributed by atoms with E-state index in [9.17, 15) is 4.79 Å². The van der Waals surface area contributed by atoms with E-state index in [1.807, 2.05) is 6.92 Å². The number of rotatable bonds is 5. The van der Waals surface area contributed by atoms with Gasteiger partial charge in [-0.2, -0.15) is 11.8 Å². The highest BCUT2D eigenvalue weighted by molar-refractivity contribution is 8.00. The minimum Gasteiger partial charge on any atom is -0.481 e. The lowest BCUT2D eigenvalue weighted by molar-refractivity contribution is -0.138. The van der Waals surface area contributed by atoms with Gasteiger partial charge >= 0.3 is 5.97 Å². The number of aliphatic carboxylic acids is 1. The van der Waals surface area contributed by atoms with Crippen molar-refractivity contribution in [3.05, 3.63) is 0 Å². The molecule has 0 aromatic heterocycles. The molecule has 1 rings (SSSR count). The number of thioether (sulfide) groups is 1. The van der Waals surface area contributed by atoms with Crippen molar-refractivity contribution in [2.75, 3.05) is 18.8 Å². The first-order valence-corrected chi connectivity index (χ1v) is 5.35. The van der Waals surface area contributed by atoms with E-state index in [4.69, 9.17) is 10.8 Å². The monoisotopic (exact) mass is 204 g/mol. The zero-order valence-electron chi connectivity index (χ0n) is 7.75.